The zero-order valence-corrected chi connectivity index (χ0v) is 8.67. The Morgan fingerprint density at radius 2 is 1.92 bits per heavy atom. The quantitative estimate of drug-likeness (QED) is 0.637. The lowest BCUT2D eigenvalue weighted by atomic mass is 10.3. The van der Waals surface area contributed by atoms with E-state index in [4.69, 9.17) is 0 Å². The van der Waals surface area contributed by atoms with Crippen LogP contribution in [0.2, 0.25) is 0 Å². The molecule has 0 bridgehead atoms. The Kier molecular flexibility index (Phi) is 3.01. The highest BCUT2D eigenvalue weighted by atomic mass is 15.4. The highest BCUT2D eigenvalue weighted by Crippen LogP contribution is 2.23. The molecule has 0 aromatic rings. The van der Waals surface area contributed by atoms with Crippen LogP contribution in [0.5, 0.6) is 0 Å². The molecule has 2 nitrogen and oxygen atoms in total. The van der Waals surface area contributed by atoms with Crippen LogP contribution in [0.25, 0.3) is 0 Å². The maximum atomic E-state index is 2.46. The molecule has 0 aromatic carbocycles. The standard InChI is InChI=1S/C10H20N2/c1-5-10-8-11(6-2)9(4)12(10)7-3/h8-9H,5-7H2,1-4H3. The summed E-state index contributed by atoms with van der Waals surface area (Å²) in [5, 5.41) is 0. The number of rotatable bonds is 3. The highest BCUT2D eigenvalue weighted by molar-refractivity contribution is 5.08. The summed E-state index contributed by atoms with van der Waals surface area (Å²) in [7, 11) is 0. The van der Waals surface area contributed by atoms with E-state index >= 15 is 0 Å². The van der Waals surface area contributed by atoms with Gasteiger partial charge in [-0.2, -0.15) is 0 Å². The van der Waals surface area contributed by atoms with E-state index in [1.54, 1.807) is 0 Å². The van der Waals surface area contributed by atoms with Crippen LogP contribution >= 0.6 is 0 Å². The number of hydrogen-bond donors (Lipinski definition) is 0. The van der Waals surface area contributed by atoms with Crippen molar-refractivity contribution in [2.75, 3.05) is 13.1 Å². The third kappa shape index (κ3) is 1.43. The third-order valence-corrected chi connectivity index (χ3v) is 2.68. The van der Waals surface area contributed by atoms with E-state index in [0.29, 0.717) is 6.17 Å². The normalized spacial score (nSPS) is 23.3. The summed E-state index contributed by atoms with van der Waals surface area (Å²) < 4.78 is 0. The molecule has 1 rings (SSSR count). The molecule has 2 heteroatoms. The molecule has 0 aromatic heterocycles. The molecule has 0 spiro atoms. The fourth-order valence-electron chi connectivity index (χ4n) is 1.91. The van der Waals surface area contributed by atoms with Crippen LogP contribution in [-0.2, 0) is 0 Å². The lowest BCUT2D eigenvalue weighted by Crippen LogP contribution is -2.36. The van der Waals surface area contributed by atoms with Crippen molar-refractivity contribution in [1.82, 2.24) is 9.80 Å². The third-order valence-electron chi connectivity index (χ3n) is 2.68. The molecule has 0 radical (unpaired) electrons. The highest BCUT2D eigenvalue weighted by Gasteiger charge is 2.24. The molecule has 0 aliphatic carbocycles. The molecule has 12 heavy (non-hydrogen) atoms. The van der Waals surface area contributed by atoms with Crippen LogP contribution in [0.4, 0.5) is 0 Å². The summed E-state index contributed by atoms with van der Waals surface area (Å²) in [6.07, 6.45) is 4.01. The van der Waals surface area contributed by atoms with Crippen molar-refractivity contribution in [3.05, 3.63) is 11.9 Å². The fourth-order valence-corrected chi connectivity index (χ4v) is 1.91. The molecule has 0 saturated carbocycles. The molecular weight excluding hydrogens is 148 g/mol. The zero-order chi connectivity index (χ0) is 9.14. The van der Waals surface area contributed by atoms with E-state index in [9.17, 15) is 0 Å². The van der Waals surface area contributed by atoms with E-state index in [2.05, 4.69) is 43.7 Å². The minimum Gasteiger partial charge on any atom is -0.356 e. The lowest BCUT2D eigenvalue weighted by molar-refractivity contribution is 0.171. The minimum absolute atomic E-state index is 0.565. The topological polar surface area (TPSA) is 6.48 Å². The summed E-state index contributed by atoms with van der Waals surface area (Å²) in [4.78, 5) is 4.85. The molecule has 0 fully saturated rings. The van der Waals surface area contributed by atoms with Gasteiger partial charge in [0.1, 0.15) is 0 Å². The van der Waals surface area contributed by atoms with Gasteiger partial charge < -0.3 is 9.80 Å². The first kappa shape index (κ1) is 9.43. The summed E-state index contributed by atoms with van der Waals surface area (Å²) in [5.41, 5.74) is 1.48. The van der Waals surface area contributed by atoms with Crippen molar-refractivity contribution in [2.45, 2.75) is 40.3 Å². The monoisotopic (exact) mass is 168 g/mol. The Bertz CT molecular complexity index is 175. The van der Waals surface area contributed by atoms with Crippen LogP contribution < -0.4 is 0 Å². The average molecular weight is 168 g/mol. The molecule has 1 atom stereocenters. The van der Waals surface area contributed by atoms with E-state index in [1.165, 1.54) is 5.70 Å². The molecule has 0 N–H and O–H groups in total. The van der Waals surface area contributed by atoms with Crippen molar-refractivity contribution in [3.8, 4) is 0 Å². The number of nitrogens with zero attached hydrogens (tertiary/aromatic N) is 2. The van der Waals surface area contributed by atoms with E-state index in [0.717, 1.165) is 19.5 Å². The van der Waals surface area contributed by atoms with E-state index < -0.39 is 0 Å². The van der Waals surface area contributed by atoms with Gasteiger partial charge in [-0.1, -0.05) is 6.92 Å². The summed E-state index contributed by atoms with van der Waals surface area (Å²) in [6.45, 7) is 11.2. The Morgan fingerprint density at radius 3 is 2.25 bits per heavy atom. The number of allylic oxidation sites excluding steroid dienone is 1. The average Bonchev–Trinajstić information content (AvgIpc) is 2.41. The molecule has 1 aliphatic rings. The van der Waals surface area contributed by atoms with Crippen LogP contribution in [0.15, 0.2) is 11.9 Å². The zero-order valence-electron chi connectivity index (χ0n) is 8.67. The predicted molar refractivity (Wildman–Crippen MR) is 52.6 cm³/mol. The van der Waals surface area contributed by atoms with Gasteiger partial charge >= 0.3 is 0 Å². The van der Waals surface area contributed by atoms with Gasteiger partial charge in [-0.15, -0.1) is 0 Å². The summed E-state index contributed by atoms with van der Waals surface area (Å²) in [6, 6.07) is 0. The van der Waals surface area contributed by atoms with Gasteiger partial charge in [0.15, 0.2) is 0 Å². The van der Waals surface area contributed by atoms with Crippen LogP contribution in [0, 0.1) is 0 Å². The van der Waals surface area contributed by atoms with E-state index in [1.807, 2.05) is 0 Å². The number of hydrogen-bond acceptors (Lipinski definition) is 2. The van der Waals surface area contributed by atoms with Crippen molar-refractivity contribution in [2.24, 2.45) is 0 Å². The van der Waals surface area contributed by atoms with Crippen molar-refractivity contribution < 1.29 is 0 Å². The van der Waals surface area contributed by atoms with E-state index in [-0.39, 0.29) is 0 Å². The van der Waals surface area contributed by atoms with Crippen molar-refractivity contribution in [1.29, 1.82) is 0 Å². The van der Waals surface area contributed by atoms with Crippen LogP contribution in [0.1, 0.15) is 34.1 Å². The van der Waals surface area contributed by atoms with Crippen molar-refractivity contribution >= 4 is 0 Å². The Balaban J connectivity index is 2.71. The second kappa shape index (κ2) is 3.83. The Morgan fingerprint density at radius 1 is 1.25 bits per heavy atom. The molecule has 0 amide bonds. The molecule has 1 aliphatic heterocycles. The van der Waals surface area contributed by atoms with Gasteiger partial charge in [0.25, 0.3) is 0 Å². The Hall–Kier alpha value is -0.660. The van der Waals surface area contributed by atoms with Gasteiger partial charge in [0, 0.05) is 25.0 Å². The fraction of sp³-hybridized carbons (Fsp3) is 0.800. The first-order valence-electron chi connectivity index (χ1n) is 4.97. The maximum Gasteiger partial charge on any atom is 0.0979 e. The van der Waals surface area contributed by atoms with Gasteiger partial charge in [0.05, 0.1) is 6.17 Å². The van der Waals surface area contributed by atoms with Crippen LogP contribution in [0.3, 0.4) is 0 Å². The SMILES string of the molecule is CCC1=CN(CC)C(C)N1CC. The Labute approximate surface area is 75.8 Å². The summed E-state index contributed by atoms with van der Waals surface area (Å²) in [5.74, 6) is 0. The molecule has 0 saturated heterocycles. The van der Waals surface area contributed by atoms with Crippen molar-refractivity contribution in [3.63, 3.8) is 0 Å². The predicted octanol–water partition coefficient (Wildman–Crippen LogP) is 2.24. The van der Waals surface area contributed by atoms with Gasteiger partial charge in [-0.3, -0.25) is 0 Å². The lowest BCUT2D eigenvalue weighted by Gasteiger charge is -2.29. The van der Waals surface area contributed by atoms with Gasteiger partial charge in [-0.05, 0) is 27.2 Å². The first-order chi connectivity index (χ1) is 5.74. The molecular formula is C10H20N2. The molecule has 70 valence electrons. The second-order valence-electron chi connectivity index (χ2n) is 3.22. The van der Waals surface area contributed by atoms with Gasteiger partial charge in [0.2, 0.25) is 0 Å². The second-order valence-corrected chi connectivity index (χ2v) is 3.22. The van der Waals surface area contributed by atoms with Crippen LogP contribution in [-0.4, -0.2) is 29.1 Å². The smallest absolute Gasteiger partial charge is 0.0979 e. The molecule has 1 unspecified atom stereocenters. The van der Waals surface area contributed by atoms with Gasteiger partial charge in [-0.25, -0.2) is 0 Å². The maximum absolute atomic E-state index is 2.46. The minimum atomic E-state index is 0.565. The largest absolute Gasteiger partial charge is 0.356 e. The molecule has 1 heterocycles. The first-order valence-corrected chi connectivity index (χ1v) is 4.97. The summed E-state index contributed by atoms with van der Waals surface area (Å²) >= 11 is 0.